The third-order valence-electron chi connectivity index (χ3n) is 2.86. The SMILES string of the molecule is CC[C@H]1C(C)NN=C(/C(C)=N/C)N1C. The molecule has 0 aromatic rings. The van der Waals surface area contributed by atoms with Crippen LogP contribution >= 0.6 is 0 Å². The maximum atomic E-state index is 4.32. The lowest BCUT2D eigenvalue weighted by Gasteiger charge is -2.38. The molecule has 1 aliphatic rings. The first-order chi connectivity index (χ1) is 6.61. The fourth-order valence-corrected chi connectivity index (χ4v) is 1.88. The largest absolute Gasteiger partial charge is 0.352 e. The summed E-state index contributed by atoms with van der Waals surface area (Å²) in [6.45, 7) is 6.34. The van der Waals surface area contributed by atoms with Crippen molar-refractivity contribution in [3.8, 4) is 0 Å². The van der Waals surface area contributed by atoms with E-state index in [1.54, 1.807) is 7.05 Å². The van der Waals surface area contributed by atoms with Crippen molar-refractivity contribution in [3.63, 3.8) is 0 Å². The topological polar surface area (TPSA) is 40.0 Å². The molecular weight excluding hydrogens is 176 g/mol. The summed E-state index contributed by atoms with van der Waals surface area (Å²) >= 11 is 0. The highest BCUT2D eigenvalue weighted by atomic mass is 15.4. The van der Waals surface area contributed by atoms with E-state index in [2.05, 4.69) is 41.3 Å². The molecule has 0 radical (unpaired) electrons. The average Bonchev–Trinajstić information content (AvgIpc) is 2.18. The van der Waals surface area contributed by atoms with Gasteiger partial charge in [-0.15, -0.1) is 0 Å². The number of hydrogen-bond donors (Lipinski definition) is 1. The second-order valence-corrected chi connectivity index (χ2v) is 3.75. The van der Waals surface area contributed by atoms with Gasteiger partial charge in [-0.25, -0.2) is 0 Å². The second kappa shape index (κ2) is 4.44. The number of nitrogens with zero attached hydrogens (tertiary/aromatic N) is 3. The highest BCUT2D eigenvalue weighted by molar-refractivity contribution is 6.40. The summed E-state index contributed by atoms with van der Waals surface area (Å²) in [4.78, 5) is 6.37. The molecule has 0 aromatic heterocycles. The number of aliphatic imine (C=N–C) groups is 1. The Morgan fingerprint density at radius 2 is 2.29 bits per heavy atom. The van der Waals surface area contributed by atoms with Gasteiger partial charge < -0.3 is 10.3 Å². The minimum atomic E-state index is 0.401. The van der Waals surface area contributed by atoms with Crippen LogP contribution in [-0.4, -0.2) is 42.6 Å². The molecular formula is C10H20N4. The molecule has 1 N–H and O–H groups in total. The number of rotatable bonds is 2. The molecule has 4 heteroatoms. The monoisotopic (exact) mass is 196 g/mol. The second-order valence-electron chi connectivity index (χ2n) is 3.75. The first-order valence-electron chi connectivity index (χ1n) is 5.11. The van der Waals surface area contributed by atoms with Crippen LogP contribution in [0.15, 0.2) is 10.1 Å². The van der Waals surface area contributed by atoms with Gasteiger partial charge in [0, 0.05) is 14.1 Å². The maximum absolute atomic E-state index is 4.32. The zero-order chi connectivity index (χ0) is 10.7. The Labute approximate surface area is 86.1 Å². The lowest BCUT2D eigenvalue weighted by atomic mass is 10.0. The molecule has 1 unspecified atom stereocenters. The van der Waals surface area contributed by atoms with E-state index in [0.29, 0.717) is 12.1 Å². The fraction of sp³-hybridized carbons (Fsp3) is 0.800. The Balaban J connectivity index is 2.89. The molecule has 0 amide bonds. The molecule has 1 heterocycles. The summed E-state index contributed by atoms with van der Waals surface area (Å²) in [6, 6.07) is 0.901. The van der Waals surface area contributed by atoms with E-state index in [-0.39, 0.29) is 0 Å². The van der Waals surface area contributed by atoms with Crippen molar-refractivity contribution in [3.05, 3.63) is 0 Å². The summed E-state index contributed by atoms with van der Waals surface area (Å²) < 4.78 is 0. The van der Waals surface area contributed by atoms with Gasteiger partial charge in [-0.05, 0) is 20.3 Å². The van der Waals surface area contributed by atoms with Gasteiger partial charge in [0.15, 0.2) is 5.84 Å². The Bertz CT molecular complexity index is 257. The zero-order valence-corrected chi connectivity index (χ0v) is 9.70. The summed E-state index contributed by atoms with van der Waals surface area (Å²) in [6.07, 6.45) is 1.11. The highest BCUT2D eigenvalue weighted by Gasteiger charge is 2.27. The lowest BCUT2D eigenvalue weighted by Crippen LogP contribution is -2.54. The Kier molecular flexibility index (Phi) is 3.49. The van der Waals surface area contributed by atoms with Crippen LogP contribution in [0.1, 0.15) is 27.2 Å². The van der Waals surface area contributed by atoms with E-state index in [4.69, 9.17) is 0 Å². The van der Waals surface area contributed by atoms with E-state index >= 15 is 0 Å². The van der Waals surface area contributed by atoms with Crippen LogP contribution in [0.2, 0.25) is 0 Å². The molecule has 0 bridgehead atoms. The summed E-state index contributed by atoms with van der Waals surface area (Å²) in [5.74, 6) is 0.956. The predicted molar refractivity (Wildman–Crippen MR) is 60.9 cm³/mol. The number of nitrogens with one attached hydrogen (secondary N) is 1. The molecule has 80 valence electrons. The third-order valence-corrected chi connectivity index (χ3v) is 2.86. The molecule has 14 heavy (non-hydrogen) atoms. The molecule has 0 saturated carbocycles. The van der Waals surface area contributed by atoms with E-state index < -0.39 is 0 Å². The van der Waals surface area contributed by atoms with Gasteiger partial charge in [0.25, 0.3) is 0 Å². The van der Waals surface area contributed by atoms with Gasteiger partial charge in [0.05, 0.1) is 17.8 Å². The molecule has 0 fully saturated rings. The normalized spacial score (nSPS) is 28.5. The van der Waals surface area contributed by atoms with Crippen molar-refractivity contribution in [2.75, 3.05) is 14.1 Å². The molecule has 0 saturated heterocycles. The fourth-order valence-electron chi connectivity index (χ4n) is 1.88. The van der Waals surface area contributed by atoms with Crippen LogP contribution in [0.25, 0.3) is 0 Å². The van der Waals surface area contributed by atoms with E-state index in [9.17, 15) is 0 Å². The lowest BCUT2D eigenvalue weighted by molar-refractivity contribution is 0.262. The van der Waals surface area contributed by atoms with Crippen molar-refractivity contribution in [2.45, 2.75) is 39.3 Å². The third kappa shape index (κ3) is 1.89. The summed E-state index contributed by atoms with van der Waals surface area (Å²) in [7, 11) is 3.88. The van der Waals surface area contributed by atoms with Gasteiger partial charge in [-0.1, -0.05) is 6.92 Å². The maximum Gasteiger partial charge on any atom is 0.169 e. The molecule has 2 atom stereocenters. The number of likely N-dealkylation sites (N-methyl/N-ethyl adjacent to an activating group) is 1. The van der Waals surface area contributed by atoms with Crippen molar-refractivity contribution < 1.29 is 0 Å². The molecule has 0 spiro atoms. The standard InChI is InChI=1S/C10H20N4/c1-6-9-7(2)12-13-10(14(9)5)8(3)11-4/h7,9,12H,6H2,1-5H3/b11-8+/t7?,9-/m0/s1. The Morgan fingerprint density at radius 1 is 1.64 bits per heavy atom. The van der Waals surface area contributed by atoms with Crippen LogP contribution in [0.4, 0.5) is 0 Å². The minimum Gasteiger partial charge on any atom is -0.352 e. The van der Waals surface area contributed by atoms with Crippen molar-refractivity contribution >= 4 is 11.5 Å². The van der Waals surface area contributed by atoms with Gasteiger partial charge in [0.1, 0.15) is 0 Å². The van der Waals surface area contributed by atoms with Crippen LogP contribution < -0.4 is 5.43 Å². The number of hydrogen-bond acceptors (Lipinski definition) is 4. The van der Waals surface area contributed by atoms with Crippen molar-refractivity contribution in [2.24, 2.45) is 10.1 Å². The predicted octanol–water partition coefficient (Wildman–Crippen LogP) is 1.09. The average molecular weight is 196 g/mol. The van der Waals surface area contributed by atoms with Crippen molar-refractivity contribution in [1.82, 2.24) is 10.3 Å². The van der Waals surface area contributed by atoms with Gasteiger partial charge >= 0.3 is 0 Å². The molecule has 1 rings (SSSR count). The highest BCUT2D eigenvalue weighted by Crippen LogP contribution is 2.12. The molecule has 1 aliphatic heterocycles. The van der Waals surface area contributed by atoms with E-state index in [1.165, 1.54) is 0 Å². The minimum absolute atomic E-state index is 0.401. The van der Waals surface area contributed by atoms with Crippen LogP contribution in [0.3, 0.4) is 0 Å². The Hall–Kier alpha value is -1.06. The van der Waals surface area contributed by atoms with Gasteiger partial charge in [-0.3, -0.25) is 4.99 Å². The van der Waals surface area contributed by atoms with Crippen LogP contribution in [0.5, 0.6) is 0 Å². The van der Waals surface area contributed by atoms with Crippen molar-refractivity contribution in [1.29, 1.82) is 0 Å². The van der Waals surface area contributed by atoms with E-state index in [0.717, 1.165) is 18.0 Å². The van der Waals surface area contributed by atoms with Crippen LogP contribution in [0, 0.1) is 0 Å². The van der Waals surface area contributed by atoms with Gasteiger partial charge in [-0.2, -0.15) is 5.10 Å². The first kappa shape index (κ1) is 11.0. The zero-order valence-electron chi connectivity index (χ0n) is 9.70. The molecule has 4 nitrogen and oxygen atoms in total. The smallest absolute Gasteiger partial charge is 0.169 e. The summed E-state index contributed by atoms with van der Waals surface area (Å²) in [5, 5.41) is 4.32. The summed E-state index contributed by atoms with van der Waals surface area (Å²) in [5.41, 5.74) is 4.12. The van der Waals surface area contributed by atoms with Crippen LogP contribution in [-0.2, 0) is 0 Å². The molecule has 0 aliphatic carbocycles. The Morgan fingerprint density at radius 3 is 2.79 bits per heavy atom. The molecule has 0 aromatic carbocycles. The first-order valence-corrected chi connectivity index (χ1v) is 5.11. The quantitative estimate of drug-likeness (QED) is 0.672. The number of amidine groups is 1. The van der Waals surface area contributed by atoms with E-state index in [1.807, 2.05) is 6.92 Å². The van der Waals surface area contributed by atoms with Gasteiger partial charge in [0.2, 0.25) is 0 Å². The number of hydrazone groups is 1.